The largest absolute Gasteiger partial charge is 0.285 e. The molecule has 1 heterocycles. The van der Waals surface area contributed by atoms with E-state index in [9.17, 15) is 13.2 Å². The quantitative estimate of drug-likeness (QED) is 0.641. The lowest BCUT2D eigenvalue weighted by Gasteiger charge is -2.27. The Kier molecular flexibility index (Phi) is 7.13. The number of sulfonamides is 1. The van der Waals surface area contributed by atoms with Crippen LogP contribution in [0.15, 0.2) is 24.3 Å². The Balaban J connectivity index is 2.14. The topological polar surface area (TPSA) is 81.1 Å². The maximum absolute atomic E-state index is 12.6. The van der Waals surface area contributed by atoms with Crippen LogP contribution in [0.1, 0.15) is 101 Å². The summed E-state index contributed by atoms with van der Waals surface area (Å²) in [6, 6.07) is 8.30. The van der Waals surface area contributed by atoms with Crippen LogP contribution in [0.3, 0.4) is 0 Å². The van der Waals surface area contributed by atoms with Crippen LogP contribution in [0.25, 0.3) is 5.69 Å². The van der Waals surface area contributed by atoms with E-state index in [1.54, 1.807) is 6.07 Å². The van der Waals surface area contributed by atoms with Crippen LogP contribution in [-0.2, 0) is 27.3 Å². The van der Waals surface area contributed by atoms with Crippen molar-refractivity contribution < 1.29 is 13.2 Å². The molecule has 33 heavy (non-hydrogen) atoms. The van der Waals surface area contributed by atoms with Crippen LogP contribution in [0.4, 0.5) is 0 Å². The van der Waals surface area contributed by atoms with Crippen molar-refractivity contribution in [2.75, 3.05) is 6.26 Å². The molecule has 0 unspecified atom stereocenters. The molecule has 0 spiro atoms. The third-order valence-corrected chi connectivity index (χ3v) is 6.97. The second-order valence-electron chi connectivity index (χ2n) is 11.6. The number of amides is 1. The number of nitrogens with zero attached hydrogens (tertiary/aromatic N) is 2. The number of rotatable bonds is 5. The first-order valence-corrected chi connectivity index (χ1v) is 13.8. The molecule has 0 bridgehead atoms. The smallest absolute Gasteiger partial charge is 0.266 e. The fourth-order valence-corrected chi connectivity index (χ4v) is 4.85. The van der Waals surface area contributed by atoms with Crippen LogP contribution < -0.4 is 4.72 Å². The van der Waals surface area contributed by atoms with Gasteiger partial charge in [0.2, 0.25) is 10.0 Å². The second kappa shape index (κ2) is 9.24. The SMILES string of the molecule is CC(C)(C)c1cc(-n2nc(C(=O)NS(C)(=O)=O)cc2CC2CCCCC2)cc(C(C)(C)C)c1. The van der Waals surface area contributed by atoms with Crippen LogP contribution in [0.5, 0.6) is 0 Å². The summed E-state index contributed by atoms with van der Waals surface area (Å²) in [7, 11) is -3.67. The number of hydrogen-bond donors (Lipinski definition) is 1. The highest BCUT2D eigenvalue weighted by Crippen LogP contribution is 2.33. The maximum Gasteiger partial charge on any atom is 0.285 e. The van der Waals surface area contributed by atoms with Gasteiger partial charge in [-0.25, -0.2) is 17.8 Å². The van der Waals surface area contributed by atoms with E-state index in [0.29, 0.717) is 5.92 Å². The Morgan fingerprint density at radius 2 is 1.52 bits per heavy atom. The second-order valence-corrected chi connectivity index (χ2v) is 13.4. The molecule has 0 saturated heterocycles. The molecule has 7 heteroatoms. The molecule has 0 atom stereocenters. The average Bonchev–Trinajstić information content (AvgIpc) is 3.10. The van der Waals surface area contributed by atoms with Gasteiger partial charge in [0.05, 0.1) is 11.9 Å². The Bertz CT molecular complexity index is 1080. The predicted octanol–water partition coefficient (Wildman–Crippen LogP) is 5.28. The zero-order chi connectivity index (χ0) is 24.6. The fourth-order valence-electron chi connectivity index (χ4n) is 4.41. The summed E-state index contributed by atoms with van der Waals surface area (Å²) >= 11 is 0. The van der Waals surface area contributed by atoms with Gasteiger partial charge in [-0.15, -0.1) is 0 Å². The highest BCUT2D eigenvalue weighted by molar-refractivity contribution is 7.89. The summed E-state index contributed by atoms with van der Waals surface area (Å²) in [5.74, 6) is -0.142. The number of carbonyl (C=O) groups excluding carboxylic acids is 1. The van der Waals surface area contributed by atoms with Gasteiger partial charge in [-0.05, 0) is 52.5 Å². The molecule has 6 nitrogen and oxygen atoms in total. The first-order valence-electron chi connectivity index (χ1n) is 11.9. The van der Waals surface area contributed by atoms with Crippen molar-refractivity contribution in [1.82, 2.24) is 14.5 Å². The molecular formula is C26H39N3O3S. The van der Waals surface area contributed by atoms with Crippen LogP contribution in [0, 0.1) is 5.92 Å². The van der Waals surface area contributed by atoms with Gasteiger partial charge in [-0.3, -0.25) is 4.79 Å². The fraction of sp³-hybridized carbons (Fsp3) is 0.615. The lowest BCUT2D eigenvalue weighted by atomic mass is 9.80. The Morgan fingerprint density at radius 1 is 0.970 bits per heavy atom. The van der Waals surface area contributed by atoms with E-state index < -0.39 is 15.9 Å². The van der Waals surface area contributed by atoms with E-state index in [2.05, 4.69) is 69.6 Å². The third kappa shape index (κ3) is 6.69. The van der Waals surface area contributed by atoms with Crippen LogP contribution in [-0.4, -0.2) is 30.4 Å². The van der Waals surface area contributed by atoms with Gasteiger partial charge in [0.25, 0.3) is 5.91 Å². The molecule has 1 aliphatic carbocycles. The molecule has 3 rings (SSSR count). The van der Waals surface area contributed by atoms with E-state index in [1.807, 2.05) is 4.68 Å². The summed E-state index contributed by atoms with van der Waals surface area (Å²) < 4.78 is 27.2. The van der Waals surface area contributed by atoms with Crippen molar-refractivity contribution in [2.24, 2.45) is 5.92 Å². The van der Waals surface area contributed by atoms with Gasteiger partial charge in [0.15, 0.2) is 5.69 Å². The monoisotopic (exact) mass is 473 g/mol. The summed E-state index contributed by atoms with van der Waals surface area (Å²) in [6.07, 6.45) is 7.88. The molecule has 182 valence electrons. The summed E-state index contributed by atoms with van der Waals surface area (Å²) in [4.78, 5) is 12.6. The van der Waals surface area contributed by atoms with E-state index in [4.69, 9.17) is 0 Å². The molecule has 0 radical (unpaired) electrons. The molecular weight excluding hydrogens is 434 g/mol. The van der Waals surface area contributed by atoms with Gasteiger partial charge >= 0.3 is 0 Å². The van der Waals surface area contributed by atoms with E-state index >= 15 is 0 Å². The molecule has 2 aromatic rings. The number of nitrogens with one attached hydrogen (secondary N) is 1. The van der Waals surface area contributed by atoms with Gasteiger partial charge in [0.1, 0.15) is 0 Å². The molecule has 1 aliphatic rings. The summed E-state index contributed by atoms with van der Waals surface area (Å²) in [5.41, 5.74) is 4.29. The van der Waals surface area contributed by atoms with Crippen molar-refractivity contribution in [3.63, 3.8) is 0 Å². The lowest BCUT2D eigenvalue weighted by molar-refractivity contribution is 0.0976. The molecule has 1 N–H and O–H groups in total. The van der Waals surface area contributed by atoms with Gasteiger partial charge < -0.3 is 0 Å². The highest BCUT2D eigenvalue weighted by Gasteiger charge is 2.25. The number of hydrogen-bond acceptors (Lipinski definition) is 4. The van der Waals surface area contributed by atoms with Crippen LogP contribution in [0.2, 0.25) is 0 Å². The standard InChI is InChI=1S/C26H39N3O3S/c1-25(2,3)19-14-20(26(4,5)6)16-22(15-19)29-21(13-18-11-9-8-10-12-18)17-23(27-29)24(30)28-33(7,31)32/h14-18H,8-13H2,1-7H3,(H,28,30). The van der Waals surface area contributed by atoms with Crippen LogP contribution >= 0.6 is 0 Å². The molecule has 0 aliphatic heterocycles. The first-order chi connectivity index (χ1) is 15.1. The molecule has 1 aromatic carbocycles. The zero-order valence-electron chi connectivity index (χ0n) is 21.2. The average molecular weight is 474 g/mol. The number of carbonyl (C=O) groups is 1. The Hall–Kier alpha value is -2.15. The minimum atomic E-state index is -3.67. The van der Waals surface area contributed by atoms with E-state index in [-0.39, 0.29) is 16.5 Å². The molecule has 1 amide bonds. The maximum atomic E-state index is 12.6. The van der Waals surface area contributed by atoms with Crippen molar-refractivity contribution in [3.8, 4) is 5.69 Å². The highest BCUT2D eigenvalue weighted by atomic mass is 32.2. The van der Waals surface area contributed by atoms with Gasteiger partial charge in [-0.2, -0.15) is 5.10 Å². The van der Waals surface area contributed by atoms with E-state index in [1.165, 1.54) is 43.2 Å². The first kappa shape index (κ1) is 25.5. The van der Waals surface area contributed by atoms with E-state index in [0.717, 1.165) is 24.1 Å². The predicted molar refractivity (Wildman–Crippen MR) is 134 cm³/mol. The van der Waals surface area contributed by atoms with Crippen molar-refractivity contribution in [1.29, 1.82) is 0 Å². The Labute approximate surface area is 199 Å². The molecule has 1 fully saturated rings. The summed E-state index contributed by atoms with van der Waals surface area (Å²) in [6.45, 7) is 13.1. The molecule has 1 saturated carbocycles. The zero-order valence-corrected chi connectivity index (χ0v) is 22.0. The van der Waals surface area contributed by atoms with Crippen molar-refractivity contribution in [3.05, 3.63) is 46.8 Å². The normalized spacial score (nSPS) is 16.1. The van der Waals surface area contributed by atoms with Crippen molar-refractivity contribution >= 4 is 15.9 Å². The third-order valence-electron chi connectivity index (χ3n) is 6.41. The van der Waals surface area contributed by atoms with Gasteiger partial charge in [-0.1, -0.05) is 79.7 Å². The number of benzene rings is 1. The Morgan fingerprint density at radius 3 is 2.00 bits per heavy atom. The molecule has 1 aromatic heterocycles. The summed E-state index contributed by atoms with van der Waals surface area (Å²) in [5, 5.41) is 4.62. The van der Waals surface area contributed by atoms with Crippen molar-refractivity contribution in [2.45, 2.75) is 90.9 Å². The number of aromatic nitrogens is 2. The minimum absolute atomic E-state index is 0.0524. The minimum Gasteiger partial charge on any atom is -0.266 e. The van der Waals surface area contributed by atoms with Gasteiger partial charge in [0, 0.05) is 5.69 Å². The lowest BCUT2D eigenvalue weighted by Crippen LogP contribution is -2.29.